The number of carbonyl (C=O) groups excluding carboxylic acids is 1. The molecule has 0 heterocycles. The molecular weight excluding hydrogens is 361 g/mol. The highest BCUT2D eigenvalue weighted by Gasteiger charge is 2.11. The molecule has 0 bridgehead atoms. The monoisotopic (exact) mass is 371 g/mol. The molecule has 2 aromatic rings. The minimum atomic E-state index is -0.191. The van der Waals surface area contributed by atoms with Crippen molar-refractivity contribution in [2.24, 2.45) is 0 Å². The number of halogens is 3. The fourth-order valence-electron chi connectivity index (χ4n) is 1.79. The Morgan fingerprint density at radius 3 is 2.60 bits per heavy atom. The average Bonchev–Trinajstić information content (AvgIpc) is 2.44. The first kappa shape index (κ1) is 15.4. The summed E-state index contributed by atoms with van der Waals surface area (Å²) >= 11 is 15.4. The molecule has 0 aliphatic heterocycles. The molecule has 0 fully saturated rings. The van der Waals surface area contributed by atoms with Crippen LogP contribution in [0, 0.1) is 0 Å². The van der Waals surface area contributed by atoms with Crippen LogP contribution < -0.4 is 5.32 Å². The van der Waals surface area contributed by atoms with Crippen LogP contribution in [0.3, 0.4) is 0 Å². The molecular formula is C15H12BrCl2NO. The molecule has 2 rings (SSSR count). The van der Waals surface area contributed by atoms with E-state index in [1.54, 1.807) is 18.2 Å². The summed E-state index contributed by atoms with van der Waals surface area (Å²) in [4.78, 5) is 12.0. The molecule has 2 aromatic carbocycles. The second kappa shape index (κ2) is 7.11. The molecule has 5 heteroatoms. The molecule has 0 spiro atoms. The molecule has 1 N–H and O–H groups in total. The van der Waals surface area contributed by atoms with Crippen LogP contribution in [0.25, 0.3) is 0 Å². The molecule has 0 aromatic heterocycles. The van der Waals surface area contributed by atoms with Crippen LogP contribution in [0.2, 0.25) is 10.0 Å². The molecule has 0 aliphatic carbocycles. The zero-order valence-corrected chi connectivity index (χ0v) is 13.6. The summed E-state index contributed by atoms with van der Waals surface area (Å²) in [6.45, 7) is 0.505. The first-order valence-corrected chi connectivity index (χ1v) is 7.60. The highest BCUT2D eigenvalue weighted by molar-refractivity contribution is 9.10. The fraction of sp³-hybridized carbons (Fsp3) is 0.133. The lowest BCUT2D eigenvalue weighted by atomic mass is 10.1. The van der Waals surface area contributed by atoms with Crippen LogP contribution in [0.1, 0.15) is 15.9 Å². The topological polar surface area (TPSA) is 29.1 Å². The summed E-state index contributed by atoms with van der Waals surface area (Å²) in [6.07, 6.45) is 0.678. The van der Waals surface area contributed by atoms with E-state index < -0.39 is 0 Å². The van der Waals surface area contributed by atoms with Gasteiger partial charge in [-0.1, -0.05) is 47.5 Å². The molecule has 1 amide bonds. The maximum Gasteiger partial charge on any atom is 0.252 e. The SMILES string of the molecule is O=C(NCCc1ccccc1Cl)c1cccc(Br)c1Cl. The number of benzene rings is 2. The number of nitrogens with one attached hydrogen (secondary N) is 1. The fourth-order valence-corrected chi connectivity index (χ4v) is 2.59. The first-order valence-electron chi connectivity index (χ1n) is 6.05. The highest BCUT2D eigenvalue weighted by Crippen LogP contribution is 2.25. The van der Waals surface area contributed by atoms with E-state index in [1.165, 1.54) is 0 Å². The Hall–Kier alpha value is -1.03. The van der Waals surface area contributed by atoms with E-state index in [4.69, 9.17) is 23.2 Å². The Bertz CT molecular complexity index is 631. The molecule has 104 valence electrons. The Morgan fingerprint density at radius 2 is 1.85 bits per heavy atom. The lowest BCUT2D eigenvalue weighted by Gasteiger charge is -2.08. The van der Waals surface area contributed by atoms with Gasteiger partial charge in [-0.25, -0.2) is 0 Å². The third-order valence-corrected chi connectivity index (χ3v) is 4.50. The van der Waals surface area contributed by atoms with Crippen molar-refractivity contribution in [1.82, 2.24) is 5.32 Å². The molecule has 0 saturated carbocycles. The summed E-state index contributed by atoms with van der Waals surface area (Å²) < 4.78 is 0.706. The molecule has 0 unspecified atom stereocenters. The molecule has 20 heavy (non-hydrogen) atoms. The Kier molecular flexibility index (Phi) is 5.46. The van der Waals surface area contributed by atoms with E-state index in [1.807, 2.05) is 24.3 Å². The summed E-state index contributed by atoms with van der Waals surface area (Å²) in [5, 5.41) is 3.97. The van der Waals surface area contributed by atoms with Crippen molar-refractivity contribution < 1.29 is 4.79 Å². The summed E-state index contributed by atoms with van der Waals surface area (Å²) in [6, 6.07) is 12.9. The van der Waals surface area contributed by atoms with Gasteiger partial charge in [0.1, 0.15) is 0 Å². The van der Waals surface area contributed by atoms with Gasteiger partial charge >= 0.3 is 0 Å². The van der Waals surface area contributed by atoms with Crippen LogP contribution in [0.5, 0.6) is 0 Å². The van der Waals surface area contributed by atoms with Gasteiger partial charge in [0, 0.05) is 16.0 Å². The molecule has 0 atom stereocenters. The van der Waals surface area contributed by atoms with Gasteiger partial charge in [0.2, 0.25) is 0 Å². The van der Waals surface area contributed by atoms with Crippen molar-refractivity contribution >= 4 is 45.0 Å². The van der Waals surface area contributed by atoms with Gasteiger partial charge in [-0.2, -0.15) is 0 Å². The minimum Gasteiger partial charge on any atom is -0.352 e. The lowest BCUT2D eigenvalue weighted by molar-refractivity contribution is 0.0954. The maximum absolute atomic E-state index is 12.0. The number of hydrogen-bond donors (Lipinski definition) is 1. The zero-order chi connectivity index (χ0) is 14.5. The molecule has 0 saturated heterocycles. The molecule has 0 aliphatic rings. The Morgan fingerprint density at radius 1 is 1.10 bits per heavy atom. The van der Waals surface area contributed by atoms with Crippen LogP contribution >= 0.6 is 39.1 Å². The summed E-state index contributed by atoms with van der Waals surface area (Å²) in [7, 11) is 0. The van der Waals surface area contributed by atoms with E-state index in [0.717, 1.165) is 5.56 Å². The van der Waals surface area contributed by atoms with Crippen molar-refractivity contribution in [2.75, 3.05) is 6.54 Å². The van der Waals surface area contributed by atoms with Crippen LogP contribution in [-0.2, 0) is 6.42 Å². The third kappa shape index (κ3) is 3.75. The van der Waals surface area contributed by atoms with E-state index in [9.17, 15) is 4.79 Å². The second-order valence-corrected chi connectivity index (χ2v) is 5.84. The van der Waals surface area contributed by atoms with Gasteiger partial charge in [0.05, 0.1) is 10.6 Å². The maximum atomic E-state index is 12.0. The van der Waals surface area contributed by atoms with Gasteiger partial charge in [0.15, 0.2) is 0 Å². The van der Waals surface area contributed by atoms with Gasteiger partial charge in [-0.3, -0.25) is 4.79 Å². The van der Waals surface area contributed by atoms with Gasteiger partial charge in [-0.15, -0.1) is 0 Å². The zero-order valence-electron chi connectivity index (χ0n) is 10.5. The van der Waals surface area contributed by atoms with Gasteiger partial charge < -0.3 is 5.32 Å². The van der Waals surface area contributed by atoms with Crippen LogP contribution in [0.15, 0.2) is 46.9 Å². The first-order chi connectivity index (χ1) is 9.59. The predicted octanol–water partition coefficient (Wildman–Crippen LogP) is 4.73. The van der Waals surface area contributed by atoms with E-state index in [0.29, 0.717) is 33.0 Å². The van der Waals surface area contributed by atoms with E-state index >= 15 is 0 Å². The van der Waals surface area contributed by atoms with Crippen molar-refractivity contribution in [1.29, 1.82) is 0 Å². The van der Waals surface area contributed by atoms with Crippen LogP contribution in [0.4, 0.5) is 0 Å². The summed E-state index contributed by atoms with van der Waals surface area (Å²) in [5.41, 5.74) is 1.47. The largest absolute Gasteiger partial charge is 0.352 e. The lowest BCUT2D eigenvalue weighted by Crippen LogP contribution is -2.26. The second-order valence-electron chi connectivity index (χ2n) is 4.20. The average molecular weight is 373 g/mol. The quantitative estimate of drug-likeness (QED) is 0.825. The summed E-state index contributed by atoms with van der Waals surface area (Å²) in [5.74, 6) is -0.191. The van der Waals surface area contributed by atoms with E-state index in [2.05, 4.69) is 21.2 Å². The highest BCUT2D eigenvalue weighted by atomic mass is 79.9. The van der Waals surface area contributed by atoms with Gasteiger partial charge in [0.25, 0.3) is 5.91 Å². The number of carbonyl (C=O) groups is 1. The van der Waals surface area contributed by atoms with Crippen molar-refractivity contribution in [3.05, 3.63) is 68.1 Å². The molecule has 0 radical (unpaired) electrons. The Labute approximate surface area is 136 Å². The minimum absolute atomic E-state index is 0.191. The predicted molar refractivity (Wildman–Crippen MR) is 86.6 cm³/mol. The number of hydrogen-bond acceptors (Lipinski definition) is 1. The number of rotatable bonds is 4. The standard InChI is InChI=1S/C15H12BrCl2NO/c16-12-6-3-5-11(14(12)18)15(20)19-9-8-10-4-1-2-7-13(10)17/h1-7H,8-9H2,(H,19,20). The van der Waals surface area contributed by atoms with Crippen molar-refractivity contribution in [3.63, 3.8) is 0 Å². The molecule has 2 nitrogen and oxygen atoms in total. The smallest absolute Gasteiger partial charge is 0.252 e. The normalized spacial score (nSPS) is 10.3. The number of amides is 1. The van der Waals surface area contributed by atoms with Crippen LogP contribution in [-0.4, -0.2) is 12.5 Å². The van der Waals surface area contributed by atoms with E-state index in [-0.39, 0.29) is 5.91 Å². The van der Waals surface area contributed by atoms with Crippen molar-refractivity contribution in [2.45, 2.75) is 6.42 Å². The van der Waals surface area contributed by atoms with Gasteiger partial charge in [-0.05, 0) is 46.1 Å². The van der Waals surface area contributed by atoms with Crippen molar-refractivity contribution in [3.8, 4) is 0 Å². The third-order valence-electron chi connectivity index (χ3n) is 2.83. The Balaban J connectivity index is 1.96.